The summed E-state index contributed by atoms with van der Waals surface area (Å²) < 4.78 is 17.4. The highest BCUT2D eigenvalue weighted by molar-refractivity contribution is 5.56. The molecule has 0 radical (unpaired) electrons. The van der Waals surface area contributed by atoms with Crippen LogP contribution in [0.5, 0.6) is 0 Å². The van der Waals surface area contributed by atoms with Gasteiger partial charge in [-0.05, 0) is 13.8 Å². The third kappa shape index (κ3) is 3.68. The highest BCUT2D eigenvalue weighted by Crippen LogP contribution is 2.26. The fraction of sp³-hybridized carbons (Fsp3) is 0.421. The van der Waals surface area contributed by atoms with E-state index in [0.717, 1.165) is 17.9 Å². The van der Waals surface area contributed by atoms with Gasteiger partial charge in [0.2, 0.25) is 17.7 Å². The number of aromatic nitrogens is 3. The molecule has 2 aromatic heterocycles. The van der Waals surface area contributed by atoms with Gasteiger partial charge >= 0.3 is 0 Å². The Bertz CT molecular complexity index is 871. The minimum absolute atomic E-state index is 0.0625. The van der Waals surface area contributed by atoms with Crippen LogP contribution in [0.4, 0.5) is 0 Å². The Hall–Kier alpha value is -2.51. The summed E-state index contributed by atoms with van der Waals surface area (Å²) in [6.45, 7) is 7.95. The van der Waals surface area contributed by atoms with Gasteiger partial charge in [0.25, 0.3) is 0 Å². The Morgan fingerprint density at radius 2 is 1.88 bits per heavy atom. The normalized spacial score (nSPS) is 21.2. The summed E-state index contributed by atoms with van der Waals surface area (Å²) in [7, 11) is 0. The summed E-state index contributed by atoms with van der Waals surface area (Å²) in [5.74, 6) is 2.54. The lowest BCUT2D eigenvalue weighted by Gasteiger charge is -2.34. The van der Waals surface area contributed by atoms with Crippen LogP contribution in [0.3, 0.4) is 0 Å². The minimum Gasteiger partial charge on any atom is -0.439 e. The molecular weight excluding hydrogens is 332 g/mol. The Labute approximate surface area is 152 Å². The topological polar surface area (TPSA) is 77.4 Å². The van der Waals surface area contributed by atoms with E-state index in [9.17, 15) is 0 Å². The van der Waals surface area contributed by atoms with Gasteiger partial charge in [-0.3, -0.25) is 4.90 Å². The van der Waals surface area contributed by atoms with Crippen molar-refractivity contribution in [3.05, 3.63) is 53.7 Å². The van der Waals surface area contributed by atoms with Gasteiger partial charge in [0.15, 0.2) is 5.76 Å². The molecule has 3 heterocycles. The van der Waals surface area contributed by atoms with Gasteiger partial charge in [0, 0.05) is 25.6 Å². The SMILES string of the molecule is Cc1ccc(-c2cnc(CN3C[C@@H](C)O[C@@H](c4nnc(C)o4)C3)o2)cc1. The number of hydrogen-bond acceptors (Lipinski definition) is 7. The maximum atomic E-state index is 5.95. The van der Waals surface area contributed by atoms with Crippen molar-refractivity contribution in [2.45, 2.75) is 39.5 Å². The average Bonchev–Trinajstić information content (AvgIpc) is 3.24. The molecular formula is C19H22N4O3. The van der Waals surface area contributed by atoms with E-state index in [4.69, 9.17) is 13.6 Å². The van der Waals surface area contributed by atoms with Gasteiger partial charge in [0.1, 0.15) is 6.10 Å². The highest BCUT2D eigenvalue weighted by Gasteiger charge is 2.30. The van der Waals surface area contributed by atoms with Crippen molar-refractivity contribution < 1.29 is 13.6 Å². The Balaban J connectivity index is 1.45. The first-order chi connectivity index (χ1) is 12.6. The van der Waals surface area contributed by atoms with Crippen molar-refractivity contribution in [3.8, 4) is 11.3 Å². The lowest BCUT2D eigenvalue weighted by molar-refractivity contribution is -0.0932. The second kappa shape index (κ2) is 7.01. The molecule has 2 atom stereocenters. The number of ether oxygens (including phenoxy) is 1. The maximum Gasteiger partial charge on any atom is 0.246 e. The van der Waals surface area contributed by atoms with Crippen molar-refractivity contribution >= 4 is 0 Å². The van der Waals surface area contributed by atoms with Crippen LogP contribution in [-0.2, 0) is 11.3 Å². The Morgan fingerprint density at radius 1 is 1.08 bits per heavy atom. The molecule has 0 bridgehead atoms. The van der Waals surface area contributed by atoms with E-state index in [0.29, 0.717) is 30.8 Å². The molecule has 136 valence electrons. The van der Waals surface area contributed by atoms with Gasteiger partial charge < -0.3 is 13.6 Å². The van der Waals surface area contributed by atoms with E-state index in [-0.39, 0.29) is 12.2 Å². The van der Waals surface area contributed by atoms with Crippen LogP contribution in [-0.4, -0.2) is 39.3 Å². The predicted molar refractivity (Wildman–Crippen MR) is 94.3 cm³/mol. The fourth-order valence-corrected chi connectivity index (χ4v) is 3.17. The number of nitrogens with zero attached hydrogens (tertiary/aromatic N) is 4. The second-order valence-corrected chi connectivity index (χ2v) is 6.77. The van der Waals surface area contributed by atoms with Crippen molar-refractivity contribution in [3.63, 3.8) is 0 Å². The molecule has 4 rings (SSSR count). The second-order valence-electron chi connectivity index (χ2n) is 6.77. The molecule has 0 spiro atoms. The zero-order valence-electron chi connectivity index (χ0n) is 15.2. The molecule has 7 heteroatoms. The lowest BCUT2D eigenvalue weighted by Crippen LogP contribution is -2.42. The summed E-state index contributed by atoms with van der Waals surface area (Å²) in [6, 6.07) is 8.23. The molecule has 1 aliphatic heterocycles. The molecule has 0 aliphatic carbocycles. The molecule has 1 aromatic carbocycles. The zero-order valence-corrected chi connectivity index (χ0v) is 15.2. The first-order valence-electron chi connectivity index (χ1n) is 8.76. The van der Waals surface area contributed by atoms with Crippen molar-refractivity contribution in [1.29, 1.82) is 0 Å². The fourth-order valence-electron chi connectivity index (χ4n) is 3.17. The van der Waals surface area contributed by atoms with Gasteiger partial charge in [-0.2, -0.15) is 0 Å². The van der Waals surface area contributed by atoms with Gasteiger partial charge in [0.05, 0.1) is 18.8 Å². The Morgan fingerprint density at radius 3 is 2.62 bits per heavy atom. The van der Waals surface area contributed by atoms with E-state index in [1.165, 1.54) is 5.56 Å². The molecule has 0 N–H and O–H groups in total. The molecule has 26 heavy (non-hydrogen) atoms. The van der Waals surface area contributed by atoms with Gasteiger partial charge in [-0.1, -0.05) is 29.8 Å². The van der Waals surface area contributed by atoms with Crippen LogP contribution in [0, 0.1) is 13.8 Å². The van der Waals surface area contributed by atoms with E-state index in [1.54, 1.807) is 13.1 Å². The van der Waals surface area contributed by atoms with Crippen LogP contribution >= 0.6 is 0 Å². The summed E-state index contributed by atoms with van der Waals surface area (Å²) in [6.07, 6.45) is 1.61. The number of aryl methyl sites for hydroxylation is 2. The Kier molecular flexibility index (Phi) is 4.57. The monoisotopic (exact) mass is 354 g/mol. The van der Waals surface area contributed by atoms with Crippen molar-refractivity contribution in [2.24, 2.45) is 0 Å². The third-order valence-electron chi connectivity index (χ3n) is 4.40. The molecule has 1 aliphatic rings. The molecule has 7 nitrogen and oxygen atoms in total. The summed E-state index contributed by atoms with van der Waals surface area (Å²) in [5.41, 5.74) is 2.25. The van der Waals surface area contributed by atoms with E-state index < -0.39 is 0 Å². The predicted octanol–water partition coefficient (Wildman–Crippen LogP) is 3.30. The first-order valence-corrected chi connectivity index (χ1v) is 8.76. The van der Waals surface area contributed by atoms with Crippen LogP contribution in [0.1, 0.15) is 36.3 Å². The summed E-state index contributed by atoms with van der Waals surface area (Å²) >= 11 is 0. The summed E-state index contributed by atoms with van der Waals surface area (Å²) in [4.78, 5) is 6.67. The van der Waals surface area contributed by atoms with Crippen molar-refractivity contribution in [2.75, 3.05) is 13.1 Å². The van der Waals surface area contributed by atoms with Crippen LogP contribution in [0.15, 0.2) is 39.3 Å². The first kappa shape index (κ1) is 16.9. The number of rotatable bonds is 4. The molecule has 1 fully saturated rings. The summed E-state index contributed by atoms with van der Waals surface area (Å²) in [5, 5.41) is 7.98. The molecule has 0 saturated carbocycles. The number of hydrogen-bond donors (Lipinski definition) is 0. The zero-order chi connectivity index (χ0) is 18.1. The molecule has 3 aromatic rings. The van der Waals surface area contributed by atoms with Crippen LogP contribution < -0.4 is 0 Å². The third-order valence-corrected chi connectivity index (χ3v) is 4.40. The quantitative estimate of drug-likeness (QED) is 0.711. The number of oxazole rings is 1. The van der Waals surface area contributed by atoms with Gasteiger partial charge in [-0.25, -0.2) is 4.98 Å². The van der Waals surface area contributed by atoms with Crippen LogP contribution in [0.25, 0.3) is 11.3 Å². The van der Waals surface area contributed by atoms with Crippen LogP contribution in [0.2, 0.25) is 0 Å². The molecule has 1 saturated heterocycles. The minimum atomic E-state index is -0.230. The number of benzene rings is 1. The highest BCUT2D eigenvalue weighted by atomic mass is 16.5. The standard InChI is InChI=1S/C19H22N4O3/c1-12-4-6-15(7-5-12)16-8-20-18(26-16)11-23-9-13(2)24-17(10-23)19-22-21-14(3)25-19/h4-8,13,17H,9-11H2,1-3H3/t13-,17-/m1/s1. The molecule has 0 unspecified atom stereocenters. The van der Waals surface area contributed by atoms with E-state index >= 15 is 0 Å². The maximum absolute atomic E-state index is 5.95. The van der Waals surface area contributed by atoms with Crippen molar-refractivity contribution in [1.82, 2.24) is 20.1 Å². The molecule has 0 amide bonds. The number of morpholine rings is 1. The largest absolute Gasteiger partial charge is 0.439 e. The van der Waals surface area contributed by atoms with E-state index in [1.807, 2.05) is 19.1 Å². The lowest BCUT2D eigenvalue weighted by atomic mass is 10.1. The van der Waals surface area contributed by atoms with E-state index in [2.05, 4.69) is 39.1 Å². The average molecular weight is 354 g/mol. The smallest absolute Gasteiger partial charge is 0.246 e. The van der Waals surface area contributed by atoms with Gasteiger partial charge in [-0.15, -0.1) is 10.2 Å².